The molecule has 0 bridgehead atoms. The van der Waals surface area contributed by atoms with E-state index in [1.54, 1.807) is 0 Å². The van der Waals surface area contributed by atoms with Gasteiger partial charge in [-0.1, -0.05) is 34.8 Å². The van der Waals surface area contributed by atoms with Crippen LogP contribution in [0.5, 0.6) is 5.75 Å². The van der Waals surface area contributed by atoms with Crippen molar-refractivity contribution < 1.29 is 14.3 Å². The van der Waals surface area contributed by atoms with Crippen LogP contribution in [0.2, 0.25) is 15.1 Å². The van der Waals surface area contributed by atoms with Gasteiger partial charge in [-0.05, 0) is 6.07 Å². The average molecular weight is 270 g/mol. The van der Waals surface area contributed by atoms with E-state index < -0.39 is 5.97 Å². The smallest absolute Gasteiger partial charge is 0.337 e. The van der Waals surface area contributed by atoms with Crippen LogP contribution in [0.15, 0.2) is 12.1 Å². The van der Waals surface area contributed by atoms with Crippen LogP contribution in [-0.2, 0) is 9.53 Å². The molecule has 0 fully saturated rings. The summed E-state index contributed by atoms with van der Waals surface area (Å²) in [5.74, 6) is -0.397. The van der Waals surface area contributed by atoms with E-state index in [1.807, 2.05) is 0 Å². The van der Waals surface area contributed by atoms with Gasteiger partial charge >= 0.3 is 5.97 Å². The summed E-state index contributed by atoms with van der Waals surface area (Å²) in [4.78, 5) is 11.1. The Morgan fingerprint density at radius 3 is 2.40 bits per heavy atom. The number of carbonyl (C=O) groups excluding carboxylic acids is 1. The molecule has 0 saturated heterocycles. The van der Waals surface area contributed by atoms with Gasteiger partial charge in [0, 0.05) is 13.2 Å². The number of carbonyl (C=O) groups is 1. The van der Waals surface area contributed by atoms with Crippen molar-refractivity contribution in [3.05, 3.63) is 27.2 Å². The van der Waals surface area contributed by atoms with E-state index in [9.17, 15) is 4.79 Å². The van der Waals surface area contributed by atoms with Crippen LogP contribution in [0.3, 0.4) is 0 Å². The molecule has 0 saturated carbocycles. The molecule has 0 aliphatic heterocycles. The van der Waals surface area contributed by atoms with E-state index in [2.05, 4.69) is 4.74 Å². The number of benzene rings is 1. The fourth-order valence-electron chi connectivity index (χ4n) is 0.852. The second-order valence-corrected chi connectivity index (χ2v) is 3.83. The Kier molecular flexibility index (Phi) is 4.67. The number of methoxy groups -OCH3 is 1. The predicted octanol–water partition coefficient (Wildman–Crippen LogP) is 3.20. The molecule has 0 aliphatic carbocycles. The standard InChI is InChI=1S/C9H7Cl3O3/c1-14-4-9(13)15-8-3-6(11)5(10)2-7(8)12/h2-3H,4H2,1H3. The highest BCUT2D eigenvalue weighted by atomic mass is 35.5. The molecule has 0 aromatic heterocycles. The molecular weight excluding hydrogens is 262 g/mol. The summed E-state index contributed by atoms with van der Waals surface area (Å²) in [5, 5.41) is 0.781. The molecule has 1 rings (SSSR count). The van der Waals surface area contributed by atoms with Gasteiger partial charge in [0.25, 0.3) is 0 Å². The third-order valence-corrected chi connectivity index (χ3v) is 2.48. The topological polar surface area (TPSA) is 35.5 Å². The van der Waals surface area contributed by atoms with E-state index in [0.29, 0.717) is 5.02 Å². The molecule has 0 radical (unpaired) electrons. The van der Waals surface area contributed by atoms with Crippen molar-refractivity contribution in [2.45, 2.75) is 0 Å². The van der Waals surface area contributed by atoms with Crippen molar-refractivity contribution >= 4 is 40.8 Å². The normalized spacial score (nSPS) is 10.1. The second kappa shape index (κ2) is 5.56. The molecule has 82 valence electrons. The summed E-state index contributed by atoms with van der Waals surface area (Å²) in [6, 6.07) is 2.78. The number of hydrogen-bond donors (Lipinski definition) is 0. The Morgan fingerprint density at radius 1 is 1.20 bits per heavy atom. The number of rotatable bonds is 3. The molecule has 0 spiro atoms. The third kappa shape index (κ3) is 3.54. The van der Waals surface area contributed by atoms with Crippen molar-refractivity contribution in [3.63, 3.8) is 0 Å². The van der Waals surface area contributed by atoms with E-state index in [1.165, 1.54) is 19.2 Å². The highest BCUT2D eigenvalue weighted by Gasteiger charge is 2.11. The minimum atomic E-state index is -0.558. The molecule has 0 N–H and O–H groups in total. The van der Waals surface area contributed by atoms with Crippen molar-refractivity contribution in [3.8, 4) is 5.75 Å². The van der Waals surface area contributed by atoms with Gasteiger partial charge in [0.1, 0.15) is 6.61 Å². The summed E-state index contributed by atoms with van der Waals surface area (Å²) in [6.45, 7) is -0.156. The zero-order chi connectivity index (χ0) is 11.4. The first-order chi connectivity index (χ1) is 7.04. The fourth-order valence-corrected chi connectivity index (χ4v) is 1.43. The monoisotopic (exact) mass is 268 g/mol. The lowest BCUT2D eigenvalue weighted by atomic mass is 10.3. The van der Waals surface area contributed by atoms with Crippen molar-refractivity contribution in [1.82, 2.24) is 0 Å². The first kappa shape index (κ1) is 12.6. The Hall–Kier alpha value is -0.480. The SMILES string of the molecule is COCC(=O)Oc1cc(Cl)c(Cl)cc1Cl. The van der Waals surface area contributed by atoms with E-state index in [-0.39, 0.29) is 22.4 Å². The van der Waals surface area contributed by atoms with Crippen LogP contribution < -0.4 is 4.74 Å². The maximum Gasteiger partial charge on any atom is 0.337 e. The fraction of sp³-hybridized carbons (Fsp3) is 0.222. The average Bonchev–Trinajstić information content (AvgIpc) is 2.14. The summed E-state index contributed by atoms with van der Waals surface area (Å²) >= 11 is 17.2. The molecule has 0 amide bonds. The van der Waals surface area contributed by atoms with Gasteiger partial charge in [-0.25, -0.2) is 4.79 Å². The summed E-state index contributed by atoms with van der Waals surface area (Å²) in [5.41, 5.74) is 0. The predicted molar refractivity (Wildman–Crippen MR) is 59.0 cm³/mol. The molecule has 6 heteroatoms. The molecule has 1 aromatic rings. The largest absolute Gasteiger partial charge is 0.423 e. The van der Waals surface area contributed by atoms with Crippen molar-refractivity contribution in [1.29, 1.82) is 0 Å². The third-order valence-electron chi connectivity index (χ3n) is 1.46. The molecule has 0 aliphatic rings. The van der Waals surface area contributed by atoms with Crippen molar-refractivity contribution in [2.24, 2.45) is 0 Å². The zero-order valence-corrected chi connectivity index (χ0v) is 9.99. The first-order valence-corrected chi connectivity index (χ1v) is 5.02. The first-order valence-electron chi connectivity index (χ1n) is 3.88. The van der Waals surface area contributed by atoms with Gasteiger partial charge in [0.05, 0.1) is 15.1 Å². The molecule has 0 unspecified atom stereocenters. The number of esters is 1. The van der Waals surface area contributed by atoms with Crippen LogP contribution in [-0.4, -0.2) is 19.7 Å². The van der Waals surface area contributed by atoms with Gasteiger partial charge < -0.3 is 9.47 Å². The molecule has 0 atom stereocenters. The quantitative estimate of drug-likeness (QED) is 0.480. The van der Waals surface area contributed by atoms with Crippen LogP contribution in [0, 0.1) is 0 Å². The zero-order valence-electron chi connectivity index (χ0n) is 7.72. The molecular formula is C9H7Cl3O3. The van der Waals surface area contributed by atoms with E-state index in [0.717, 1.165) is 0 Å². The summed E-state index contributed by atoms with van der Waals surface area (Å²) in [7, 11) is 1.39. The molecule has 1 aromatic carbocycles. The van der Waals surface area contributed by atoms with Gasteiger partial charge in [-0.15, -0.1) is 0 Å². The van der Waals surface area contributed by atoms with Gasteiger partial charge in [-0.3, -0.25) is 0 Å². The Balaban J connectivity index is 2.86. The number of ether oxygens (including phenoxy) is 2. The number of halogens is 3. The van der Waals surface area contributed by atoms with E-state index in [4.69, 9.17) is 39.5 Å². The Labute approximate surface area is 102 Å². The summed E-state index contributed by atoms with van der Waals surface area (Å²) < 4.78 is 9.48. The van der Waals surface area contributed by atoms with Crippen molar-refractivity contribution in [2.75, 3.05) is 13.7 Å². The van der Waals surface area contributed by atoms with Crippen LogP contribution in [0.25, 0.3) is 0 Å². The highest BCUT2D eigenvalue weighted by molar-refractivity contribution is 6.43. The molecule has 3 nitrogen and oxygen atoms in total. The maximum absolute atomic E-state index is 11.1. The summed E-state index contributed by atoms with van der Waals surface area (Å²) in [6.07, 6.45) is 0. The molecule has 0 heterocycles. The van der Waals surface area contributed by atoms with Gasteiger partial charge in [0.2, 0.25) is 0 Å². The van der Waals surface area contributed by atoms with E-state index >= 15 is 0 Å². The molecule has 15 heavy (non-hydrogen) atoms. The Bertz CT molecular complexity index is 379. The highest BCUT2D eigenvalue weighted by Crippen LogP contribution is 2.33. The lowest BCUT2D eigenvalue weighted by Gasteiger charge is -2.06. The van der Waals surface area contributed by atoms with Crippen LogP contribution >= 0.6 is 34.8 Å². The number of hydrogen-bond acceptors (Lipinski definition) is 3. The minimum absolute atomic E-state index is 0.156. The minimum Gasteiger partial charge on any atom is -0.423 e. The van der Waals surface area contributed by atoms with Crippen LogP contribution in [0.4, 0.5) is 0 Å². The second-order valence-electron chi connectivity index (χ2n) is 2.60. The lowest BCUT2D eigenvalue weighted by molar-refractivity contribution is -0.138. The Morgan fingerprint density at radius 2 is 1.80 bits per heavy atom. The maximum atomic E-state index is 11.1. The van der Waals surface area contributed by atoms with Gasteiger partial charge in [-0.2, -0.15) is 0 Å². The lowest BCUT2D eigenvalue weighted by Crippen LogP contribution is -2.14. The van der Waals surface area contributed by atoms with Crippen LogP contribution in [0.1, 0.15) is 0 Å². The van der Waals surface area contributed by atoms with Gasteiger partial charge in [0.15, 0.2) is 5.75 Å².